The van der Waals surface area contributed by atoms with Gasteiger partial charge in [0.1, 0.15) is 11.5 Å². The lowest BCUT2D eigenvalue weighted by Crippen LogP contribution is -2.27. The third kappa shape index (κ3) is 5.01. The normalized spacial score (nSPS) is 10.5. The van der Waals surface area contributed by atoms with E-state index < -0.39 is 0 Å². The average molecular weight is 385 g/mol. The van der Waals surface area contributed by atoms with Gasteiger partial charge >= 0.3 is 0 Å². The fourth-order valence-electron chi connectivity index (χ4n) is 2.50. The van der Waals surface area contributed by atoms with E-state index in [0.29, 0.717) is 29.5 Å². The van der Waals surface area contributed by atoms with Crippen LogP contribution in [0.2, 0.25) is 5.02 Å². The first-order valence-corrected chi connectivity index (χ1v) is 8.78. The molecule has 2 N–H and O–H groups in total. The van der Waals surface area contributed by atoms with Crippen molar-refractivity contribution in [1.29, 1.82) is 0 Å². The van der Waals surface area contributed by atoms with Crippen molar-refractivity contribution in [3.8, 4) is 0 Å². The number of rotatable bonds is 6. The lowest BCUT2D eigenvalue weighted by molar-refractivity contribution is 0.0949. The van der Waals surface area contributed by atoms with Crippen LogP contribution >= 0.6 is 11.6 Å². The van der Waals surface area contributed by atoms with E-state index in [9.17, 15) is 9.18 Å². The monoisotopic (exact) mass is 384 g/mol. The summed E-state index contributed by atoms with van der Waals surface area (Å²) >= 11 is 6.01. The number of amides is 1. The van der Waals surface area contributed by atoms with Gasteiger partial charge in [0.05, 0.1) is 0 Å². The second-order valence-corrected chi connectivity index (χ2v) is 6.38. The molecule has 1 amide bonds. The third-order valence-corrected chi connectivity index (χ3v) is 4.21. The van der Waals surface area contributed by atoms with E-state index in [4.69, 9.17) is 11.6 Å². The summed E-state index contributed by atoms with van der Waals surface area (Å²) in [6, 6.07) is 13.5. The minimum atomic E-state index is -0.348. The SMILES string of the molecule is Cc1ccc(Cl)cc1Nc1nccc(C(=O)NCCc2ccccc2F)n1. The van der Waals surface area contributed by atoms with Crippen LogP contribution in [0.15, 0.2) is 54.7 Å². The molecule has 0 saturated heterocycles. The van der Waals surface area contributed by atoms with Crippen molar-refractivity contribution >= 4 is 29.1 Å². The van der Waals surface area contributed by atoms with Gasteiger partial charge in [0.15, 0.2) is 0 Å². The zero-order valence-corrected chi connectivity index (χ0v) is 15.4. The highest BCUT2D eigenvalue weighted by Crippen LogP contribution is 2.22. The first kappa shape index (κ1) is 18.8. The van der Waals surface area contributed by atoms with Crippen LogP contribution in [0.25, 0.3) is 0 Å². The summed E-state index contributed by atoms with van der Waals surface area (Å²) in [4.78, 5) is 20.7. The lowest BCUT2D eigenvalue weighted by Gasteiger charge is -2.10. The van der Waals surface area contributed by atoms with Crippen LogP contribution in [0.4, 0.5) is 16.0 Å². The van der Waals surface area contributed by atoms with Gasteiger partial charge in [-0.05, 0) is 48.7 Å². The Morgan fingerprint density at radius 2 is 2.00 bits per heavy atom. The Kier molecular flexibility index (Phi) is 5.98. The number of hydrogen-bond acceptors (Lipinski definition) is 4. The average Bonchev–Trinajstić information content (AvgIpc) is 2.66. The van der Waals surface area contributed by atoms with Crippen LogP contribution in [0, 0.1) is 12.7 Å². The maximum Gasteiger partial charge on any atom is 0.270 e. The van der Waals surface area contributed by atoms with Gasteiger partial charge in [-0.1, -0.05) is 35.9 Å². The molecular weight excluding hydrogens is 367 g/mol. The van der Waals surface area contributed by atoms with Crippen LogP contribution in [0.3, 0.4) is 0 Å². The Bertz CT molecular complexity index is 964. The highest BCUT2D eigenvalue weighted by Gasteiger charge is 2.10. The van der Waals surface area contributed by atoms with Gasteiger partial charge in [0, 0.05) is 23.5 Å². The fourth-order valence-corrected chi connectivity index (χ4v) is 2.67. The minimum Gasteiger partial charge on any atom is -0.350 e. The summed E-state index contributed by atoms with van der Waals surface area (Å²) in [7, 11) is 0. The molecule has 3 aromatic rings. The lowest BCUT2D eigenvalue weighted by atomic mass is 10.1. The van der Waals surface area contributed by atoms with Gasteiger partial charge in [0.25, 0.3) is 5.91 Å². The number of anilines is 2. The van der Waals surface area contributed by atoms with Crippen molar-refractivity contribution in [3.63, 3.8) is 0 Å². The Morgan fingerprint density at radius 3 is 2.81 bits per heavy atom. The van der Waals surface area contributed by atoms with Crippen molar-refractivity contribution in [1.82, 2.24) is 15.3 Å². The smallest absolute Gasteiger partial charge is 0.270 e. The van der Waals surface area contributed by atoms with E-state index in [1.807, 2.05) is 13.0 Å². The first-order chi connectivity index (χ1) is 13.0. The number of nitrogens with one attached hydrogen (secondary N) is 2. The number of aromatic nitrogens is 2. The molecule has 3 rings (SSSR count). The minimum absolute atomic E-state index is 0.223. The van der Waals surface area contributed by atoms with Crippen molar-refractivity contribution < 1.29 is 9.18 Å². The van der Waals surface area contributed by atoms with E-state index in [0.717, 1.165) is 11.3 Å². The van der Waals surface area contributed by atoms with Gasteiger partial charge in [-0.3, -0.25) is 4.79 Å². The Balaban J connectivity index is 1.63. The molecule has 0 fully saturated rings. The molecule has 0 saturated carbocycles. The van der Waals surface area contributed by atoms with E-state index >= 15 is 0 Å². The topological polar surface area (TPSA) is 66.9 Å². The highest BCUT2D eigenvalue weighted by molar-refractivity contribution is 6.30. The van der Waals surface area contributed by atoms with Gasteiger partial charge in [-0.25, -0.2) is 14.4 Å². The van der Waals surface area contributed by atoms with E-state index in [1.54, 1.807) is 30.3 Å². The summed E-state index contributed by atoms with van der Waals surface area (Å²) < 4.78 is 13.6. The molecular formula is C20H18ClFN4O. The first-order valence-electron chi connectivity index (χ1n) is 8.41. The van der Waals surface area contributed by atoms with Gasteiger partial charge in [-0.2, -0.15) is 0 Å². The number of halogens is 2. The molecule has 0 spiro atoms. The maximum absolute atomic E-state index is 13.6. The zero-order valence-electron chi connectivity index (χ0n) is 14.7. The summed E-state index contributed by atoms with van der Waals surface area (Å²) in [5.41, 5.74) is 2.52. The van der Waals surface area contributed by atoms with Crippen molar-refractivity contribution in [3.05, 3.63) is 82.4 Å². The predicted molar refractivity (Wildman–Crippen MR) is 104 cm³/mol. The number of benzene rings is 2. The Labute approximate surface area is 161 Å². The summed E-state index contributed by atoms with van der Waals surface area (Å²) in [6.07, 6.45) is 1.90. The molecule has 2 aromatic carbocycles. The summed E-state index contributed by atoms with van der Waals surface area (Å²) in [6.45, 7) is 2.23. The van der Waals surface area contributed by atoms with Crippen LogP contribution < -0.4 is 10.6 Å². The molecule has 7 heteroatoms. The maximum atomic E-state index is 13.6. The van der Waals surface area contributed by atoms with Crippen molar-refractivity contribution in [2.24, 2.45) is 0 Å². The molecule has 1 aromatic heterocycles. The molecule has 0 aliphatic carbocycles. The molecule has 0 aliphatic heterocycles. The van der Waals surface area contributed by atoms with Crippen LogP contribution in [0.5, 0.6) is 0 Å². The van der Waals surface area contributed by atoms with Crippen molar-refractivity contribution in [2.45, 2.75) is 13.3 Å². The van der Waals surface area contributed by atoms with Crippen LogP contribution in [-0.2, 0) is 6.42 Å². The summed E-state index contributed by atoms with van der Waals surface area (Å²) in [5.74, 6) is -0.334. The molecule has 0 radical (unpaired) electrons. The second kappa shape index (κ2) is 8.60. The molecule has 0 unspecified atom stereocenters. The standard InChI is InChI=1S/C20H18ClFN4O/c1-13-6-7-15(21)12-18(13)26-20-24-11-9-17(25-20)19(27)23-10-8-14-4-2-3-5-16(14)22/h2-7,9,11-12H,8,10H2,1H3,(H,23,27)(H,24,25,26). The van der Waals surface area contributed by atoms with Crippen molar-refractivity contribution in [2.75, 3.05) is 11.9 Å². The molecule has 0 bridgehead atoms. The van der Waals surface area contributed by atoms with Crippen LogP contribution in [0.1, 0.15) is 21.6 Å². The fraction of sp³-hybridized carbons (Fsp3) is 0.150. The second-order valence-electron chi connectivity index (χ2n) is 5.95. The Hall–Kier alpha value is -2.99. The Morgan fingerprint density at radius 1 is 1.19 bits per heavy atom. The van der Waals surface area contributed by atoms with E-state index in [-0.39, 0.29) is 17.4 Å². The number of aryl methyl sites for hydroxylation is 1. The molecule has 5 nitrogen and oxygen atoms in total. The highest BCUT2D eigenvalue weighted by atomic mass is 35.5. The number of carbonyl (C=O) groups is 1. The van der Waals surface area contributed by atoms with Gasteiger partial charge in [-0.15, -0.1) is 0 Å². The number of hydrogen-bond donors (Lipinski definition) is 2. The molecule has 0 aliphatic rings. The van der Waals surface area contributed by atoms with E-state index in [2.05, 4.69) is 20.6 Å². The molecule has 0 atom stereocenters. The predicted octanol–water partition coefficient (Wildman–Crippen LogP) is 4.29. The van der Waals surface area contributed by atoms with E-state index in [1.165, 1.54) is 18.3 Å². The van der Waals surface area contributed by atoms with Gasteiger partial charge in [0.2, 0.25) is 5.95 Å². The molecule has 27 heavy (non-hydrogen) atoms. The quantitative estimate of drug-likeness (QED) is 0.665. The van der Waals surface area contributed by atoms with Gasteiger partial charge < -0.3 is 10.6 Å². The zero-order chi connectivity index (χ0) is 19.2. The number of carbonyl (C=O) groups excluding carboxylic acids is 1. The summed E-state index contributed by atoms with van der Waals surface area (Å²) in [5, 5.41) is 6.39. The number of nitrogens with zero attached hydrogens (tertiary/aromatic N) is 2. The molecule has 1 heterocycles. The van der Waals surface area contributed by atoms with Crippen LogP contribution in [-0.4, -0.2) is 22.4 Å². The molecule has 138 valence electrons. The third-order valence-electron chi connectivity index (χ3n) is 3.97. The largest absolute Gasteiger partial charge is 0.350 e.